The molecule has 3 N–H and O–H groups in total. The number of aliphatic hydroxyl groups is 1. The number of para-hydroxylation sites is 1. The largest absolute Gasteiger partial charge is 0.508 e. The van der Waals surface area contributed by atoms with E-state index < -0.39 is 16.1 Å². The van der Waals surface area contributed by atoms with Crippen LogP contribution in [0.3, 0.4) is 0 Å². The maximum atomic E-state index is 13.3. The number of phenolic OH excluding ortho intramolecular Hbond substituents is 1. The average molecular weight is 540 g/mol. The number of rotatable bonds is 4. The van der Waals surface area contributed by atoms with Crippen molar-refractivity contribution in [3.8, 4) is 28.4 Å². The van der Waals surface area contributed by atoms with Gasteiger partial charge in [-0.3, -0.25) is 9.80 Å². The summed E-state index contributed by atoms with van der Waals surface area (Å²) < 4.78 is 40.9. The molecule has 2 aliphatic heterocycles. The van der Waals surface area contributed by atoms with Gasteiger partial charge in [0, 0.05) is 38.3 Å². The molecule has 9 nitrogen and oxygen atoms in total. The molecule has 3 aromatic carbocycles. The van der Waals surface area contributed by atoms with Crippen LogP contribution in [0.15, 0.2) is 71.6 Å². The van der Waals surface area contributed by atoms with Crippen LogP contribution < -0.4 is 14.2 Å². The fraction of sp³-hybridized carbons (Fsp3) is 0.357. The molecule has 0 aromatic heterocycles. The lowest BCUT2D eigenvalue weighted by Gasteiger charge is -2.30. The molecule has 5 rings (SSSR count). The molecule has 1 fully saturated rings. The summed E-state index contributed by atoms with van der Waals surface area (Å²) in [5.41, 5.74) is 2.47. The third kappa shape index (κ3) is 5.64. The van der Waals surface area contributed by atoms with Crippen LogP contribution in [0.4, 0.5) is 0 Å². The summed E-state index contributed by atoms with van der Waals surface area (Å²) >= 11 is 0. The summed E-state index contributed by atoms with van der Waals surface area (Å²) in [7, 11) is -0.431. The van der Waals surface area contributed by atoms with E-state index in [0.29, 0.717) is 25.4 Å². The summed E-state index contributed by atoms with van der Waals surface area (Å²) in [5.74, 6) is 1.18. The second kappa shape index (κ2) is 10.9. The lowest BCUT2D eigenvalue weighted by atomic mass is 10.1. The van der Waals surface area contributed by atoms with Crippen molar-refractivity contribution in [2.45, 2.75) is 29.7 Å². The van der Waals surface area contributed by atoms with Crippen LogP contribution in [-0.4, -0.2) is 87.0 Å². The van der Waals surface area contributed by atoms with Gasteiger partial charge in [0.1, 0.15) is 28.2 Å². The molecule has 0 aliphatic carbocycles. The highest BCUT2D eigenvalue weighted by atomic mass is 32.2. The molecule has 0 bridgehead atoms. The molecular formula is C28H33N3O6S. The van der Waals surface area contributed by atoms with Gasteiger partial charge in [0.25, 0.3) is 0 Å². The lowest BCUT2D eigenvalue weighted by molar-refractivity contribution is 0.0713. The first-order chi connectivity index (χ1) is 18.2. The van der Waals surface area contributed by atoms with E-state index in [0.717, 1.165) is 16.7 Å². The van der Waals surface area contributed by atoms with Crippen molar-refractivity contribution in [3.63, 3.8) is 0 Å². The predicted octanol–water partition coefficient (Wildman–Crippen LogP) is 2.28. The first kappa shape index (κ1) is 26.5. The molecule has 2 heterocycles. The van der Waals surface area contributed by atoms with Crippen LogP contribution in [0.5, 0.6) is 17.2 Å². The molecule has 2 aliphatic rings. The number of sulfonamides is 1. The van der Waals surface area contributed by atoms with Crippen LogP contribution >= 0.6 is 0 Å². The zero-order valence-electron chi connectivity index (χ0n) is 21.4. The molecular weight excluding hydrogens is 506 g/mol. The van der Waals surface area contributed by atoms with Crippen LogP contribution in [-0.2, 0) is 16.6 Å². The molecule has 10 heteroatoms. The van der Waals surface area contributed by atoms with E-state index in [1.54, 1.807) is 37.4 Å². The van der Waals surface area contributed by atoms with Crippen LogP contribution in [0.2, 0.25) is 0 Å². The van der Waals surface area contributed by atoms with E-state index >= 15 is 0 Å². The van der Waals surface area contributed by atoms with Crippen molar-refractivity contribution in [2.24, 2.45) is 0 Å². The normalized spacial score (nSPS) is 24.0. The third-order valence-electron chi connectivity index (χ3n) is 7.19. The highest BCUT2D eigenvalue weighted by Crippen LogP contribution is 2.34. The third-order valence-corrected chi connectivity index (χ3v) is 8.65. The quantitative estimate of drug-likeness (QED) is 0.463. The number of aromatic hydroxyl groups is 1. The number of likely N-dealkylation sites (N-methyl/N-ethyl adjacent to an activating group) is 1. The number of nitrogens with zero attached hydrogens (tertiary/aromatic N) is 2. The standard InChI is InChI=1S/C28H33N3O6S/c1-30-16-22(32)14-29-38(34,35)28-11-10-20(19-7-5-8-23(12-19)36-2)13-26(28)37-27-18-31(17-24(27)30)15-21-6-3-4-9-25(21)33/h3-13,22,24,27,29,32-33H,14-18H2,1-2H3/t22-,24+,27-/m0/s1. The van der Waals surface area contributed by atoms with Crippen LogP contribution in [0.25, 0.3) is 11.1 Å². The van der Waals surface area contributed by atoms with Gasteiger partial charge in [-0.15, -0.1) is 0 Å². The zero-order valence-corrected chi connectivity index (χ0v) is 22.3. The molecule has 0 amide bonds. The Bertz CT molecular complexity index is 1400. The van der Waals surface area contributed by atoms with Gasteiger partial charge in [0.05, 0.1) is 19.3 Å². The van der Waals surface area contributed by atoms with Gasteiger partial charge in [-0.25, -0.2) is 13.1 Å². The average Bonchev–Trinajstić information content (AvgIpc) is 3.30. The highest BCUT2D eigenvalue weighted by molar-refractivity contribution is 7.89. The van der Waals surface area contributed by atoms with Crippen molar-refractivity contribution < 1.29 is 28.1 Å². The van der Waals surface area contributed by atoms with E-state index in [-0.39, 0.29) is 41.6 Å². The topological polar surface area (TPSA) is 112 Å². The molecule has 0 saturated carbocycles. The van der Waals surface area contributed by atoms with Gasteiger partial charge >= 0.3 is 0 Å². The fourth-order valence-corrected chi connectivity index (χ4v) is 6.36. The summed E-state index contributed by atoms with van der Waals surface area (Å²) in [4.78, 5) is 4.22. The number of ether oxygens (including phenoxy) is 2. The minimum Gasteiger partial charge on any atom is -0.508 e. The van der Waals surface area contributed by atoms with Crippen LogP contribution in [0.1, 0.15) is 5.56 Å². The van der Waals surface area contributed by atoms with Crippen molar-refractivity contribution in [3.05, 3.63) is 72.3 Å². The van der Waals surface area contributed by atoms with E-state index in [4.69, 9.17) is 9.47 Å². The molecule has 38 heavy (non-hydrogen) atoms. The van der Waals surface area contributed by atoms with Crippen molar-refractivity contribution >= 4 is 10.0 Å². The lowest BCUT2D eigenvalue weighted by Crippen LogP contribution is -2.47. The number of fused-ring (bicyclic) bond motifs is 2. The fourth-order valence-electron chi connectivity index (χ4n) is 5.17. The Labute approximate surface area is 223 Å². The Morgan fingerprint density at radius 1 is 1.03 bits per heavy atom. The molecule has 3 aromatic rings. The monoisotopic (exact) mass is 539 g/mol. The Morgan fingerprint density at radius 3 is 2.61 bits per heavy atom. The summed E-state index contributed by atoms with van der Waals surface area (Å²) in [6.07, 6.45) is -1.26. The van der Waals surface area contributed by atoms with Crippen molar-refractivity contribution in [1.29, 1.82) is 0 Å². The van der Waals surface area contributed by atoms with E-state index in [9.17, 15) is 18.6 Å². The molecule has 0 spiro atoms. The minimum atomic E-state index is -3.94. The number of phenols is 1. The van der Waals surface area contributed by atoms with Crippen molar-refractivity contribution in [1.82, 2.24) is 14.5 Å². The minimum absolute atomic E-state index is 0.0267. The van der Waals surface area contributed by atoms with Gasteiger partial charge in [0.2, 0.25) is 10.0 Å². The van der Waals surface area contributed by atoms with E-state index in [1.807, 2.05) is 48.3 Å². The Balaban J connectivity index is 1.52. The molecule has 202 valence electrons. The predicted molar refractivity (Wildman–Crippen MR) is 144 cm³/mol. The number of likely N-dealkylation sites (tertiary alicyclic amines) is 1. The number of methoxy groups -OCH3 is 1. The first-order valence-electron chi connectivity index (χ1n) is 12.6. The molecule has 3 atom stereocenters. The summed E-state index contributed by atoms with van der Waals surface area (Å²) in [6.45, 7) is 1.85. The second-order valence-electron chi connectivity index (χ2n) is 9.89. The second-order valence-corrected chi connectivity index (χ2v) is 11.6. The molecule has 0 unspecified atom stereocenters. The van der Waals surface area contributed by atoms with Crippen LogP contribution in [0, 0.1) is 0 Å². The van der Waals surface area contributed by atoms with Gasteiger partial charge in [-0.2, -0.15) is 0 Å². The maximum absolute atomic E-state index is 13.3. The number of aliphatic hydroxyl groups excluding tert-OH is 1. The van der Waals surface area contributed by atoms with Gasteiger partial charge in [0.15, 0.2) is 0 Å². The van der Waals surface area contributed by atoms with Crippen molar-refractivity contribution in [2.75, 3.05) is 40.3 Å². The SMILES string of the molecule is COc1cccc(-c2ccc3c(c2)O[C@H]2CN(Cc4ccccc4O)C[C@H]2N(C)C[C@@H](O)CNS3(=O)=O)c1. The number of hydrogen-bond donors (Lipinski definition) is 3. The highest BCUT2D eigenvalue weighted by Gasteiger charge is 2.39. The Kier molecular flexibility index (Phi) is 7.60. The number of hydrogen-bond acceptors (Lipinski definition) is 8. The van der Waals surface area contributed by atoms with Gasteiger partial charge < -0.3 is 19.7 Å². The maximum Gasteiger partial charge on any atom is 0.244 e. The van der Waals surface area contributed by atoms with Gasteiger partial charge in [-0.1, -0.05) is 36.4 Å². The van der Waals surface area contributed by atoms with Gasteiger partial charge in [-0.05, 0) is 48.5 Å². The van der Waals surface area contributed by atoms with E-state index in [2.05, 4.69) is 9.62 Å². The Morgan fingerprint density at radius 2 is 1.82 bits per heavy atom. The number of nitrogens with one attached hydrogen (secondary N) is 1. The number of β-amino-alcohol motifs (C(OH)–C–C–N with tert-alkyl or cyclic N) is 1. The number of benzene rings is 3. The summed E-state index contributed by atoms with van der Waals surface area (Å²) in [5, 5.41) is 20.9. The summed E-state index contributed by atoms with van der Waals surface area (Å²) in [6, 6.07) is 19.7. The Hall–Kier alpha value is -3.15. The molecule has 1 saturated heterocycles. The smallest absolute Gasteiger partial charge is 0.244 e. The van der Waals surface area contributed by atoms with E-state index in [1.165, 1.54) is 0 Å². The zero-order chi connectivity index (χ0) is 26.9. The first-order valence-corrected chi connectivity index (χ1v) is 14.0. The molecule has 0 radical (unpaired) electrons.